The predicted molar refractivity (Wildman–Crippen MR) is 72.1 cm³/mol. The molecule has 18 heavy (non-hydrogen) atoms. The lowest BCUT2D eigenvalue weighted by atomic mass is 10.2. The molecule has 1 rings (SSSR count). The van der Waals surface area contributed by atoms with Crippen molar-refractivity contribution in [3.8, 4) is 5.75 Å². The van der Waals surface area contributed by atoms with E-state index in [0.29, 0.717) is 0 Å². The van der Waals surface area contributed by atoms with Gasteiger partial charge in [0.2, 0.25) is 5.70 Å². The first kappa shape index (κ1) is 14.2. The first-order valence-corrected chi connectivity index (χ1v) is 6.19. The van der Waals surface area contributed by atoms with Crippen LogP contribution in [0.1, 0.15) is 38.7 Å². The lowest BCUT2D eigenvalue weighted by Gasteiger charge is -2.05. The van der Waals surface area contributed by atoms with Gasteiger partial charge >= 0.3 is 0 Å². The molecule has 0 N–H and O–H groups in total. The molecular formula is C14H19NO3. The van der Waals surface area contributed by atoms with Gasteiger partial charge in [-0.2, -0.15) is 0 Å². The molecule has 0 unspecified atom stereocenters. The van der Waals surface area contributed by atoms with E-state index in [2.05, 4.69) is 6.92 Å². The predicted octanol–water partition coefficient (Wildman–Crippen LogP) is 3.89. The van der Waals surface area contributed by atoms with Crippen molar-refractivity contribution in [2.24, 2.45) is 0 Å². The van der Waals surface area contributed by atoms with E-state index in [9.17, 15) is 10.1 Å². The average molecular weight is 249 g/mol. The SMILES string of the molecule is CCCCCOc1ccc(C=C(C)[N+](=O)[O-])cc1. The zero-order valence-electron chi connectivity index (χ0n) is 10.9. The smallest absolute Gasteiger partial charge is 0.243 e. The molecule has 1 aromatic rings. The number of ether oxygens (including phenoxy) is 1. The van der Waals surface area contributed by atoms with E-state index in [1.165, 1.54) is 19.8 Å². The summed E-state index contributed by atoms with van der Waals surface area (Å²) in [5.74, 6) is 0.807. The van der Waals surface area contributed by atoms with E-state index in [4.69, 9.17) is 4.74 Å². The highest BCUT2D eigenvalue weighted by atomic mass is 16.6. The minimum Gasteiger partial charge on any atom is -0.494 e. The van der Waals surface area contributed by atoms with Gasteiger partial charge in [-0.1, -0.05) is 31.9 Å². The molecule has 0 aliphatic heterocycles. The second-order valence-electron chi connectivity index (χ2n) is 4.17. The second-order valence-corrected chi connectivity index (χ2v) is 4.17. The Balaban J connectivity index is 2.52. The van der Waals surface area contributed by atoms with Crippen LogP contribution in [0.2, 0.25) is 0 Å². The van der Waals surface area contributed by atoms with Gasteiger partial charge in [0.05, 0.1) is 11.5 Å². The summed E-state index contributed by atoms with van der Waals surface area (Å²) in [7, 11) is 0. The monoisotopic (exact) mass is 249 g/mol. The topological polar surface area (TPSA) is 52.4 Å². The van der Waals surface area contributed by atoms with E-state index in [1.54, 1.807) is 6.08 Å². The van der Waals surface area contributed by atoms with Crippen molar-refractivity contribution in [2.45, 2.75) is 33.1 Å². The van der Waals surface area contributed by atoms with Crippen molar-refractivity contribution in [2.75, 3.05) is 6.61 Å². The molecule has 1 aromatic carbocycles. The van der Waals surface area contributed by atoms with Crippen molar-refractivity contribution in [3.05, 3.63) is 45.6 Å². The van der Waals surface area contributed by atoms with Crippen LogP contribution in [0.5, 0.6) is 5.75 Å². The minimum absolute atomic E-state index is 0.131. The Morgan fingerprint density at radius 2 is 2.00 bits per heavy atom. The fourth-order valence-electron chi connectivity index (χ4n) is 1.50. The zero-order chi connectivity index (χ0) is 13.4. The average Bonchev–Trinajstić information content (AvgIpc) is 2.36. The lowest BCUT2D eigenvalue weighted by Crippen LogP contribution is -1.97. The van der Waals surface area contributed by atoms with E-state index in [0.717, 1.165) is 24.3 Å². The summed E-state index contributed by atoms with van der Waals surface area (Å²) in [6.45, 7) is 4.35. The summed E-state index contributed by atoms with van der Waals surface area (Å²) in [6.07, 6.45) is 4.94. The molecule has 0 saturated heterocycles. The third-order valence-corrected chi connectivity index (χ3v) is 2.56. The third-order valence-electron chi connectivity index (χ3n) is 2.56. The fraction of sp³-hybridized carbons (Fsp3) is 0.429. The largest absolute Gasteiger partial charge is 0.494 e. The van der Waals surface area contributed by atoms with E-state index < -0.39 is 4.92 Å². The first-order chi connectivity index (χ1) is 8.63. The van der Waals surface area contributed by atoms with E-state index >= 15 is 0 Å². The summed E-state index contributed by atoms with van der Waals surface area (Å²) >= 11 is 0. The number of rotatable bonds is 7. The van der Waals surface area contributed by atoms with Crippen molar-refractivity contribution in [1.29, 1.82) is 0 Å². The van der Waals surface area contributed by atoms with Gasteiger partial charge < -0.3 is 4.74 Å². The van der Waals surface area contributed by atoms with Gasteiger partial charge in [-0.05, 0) is 24.1 Å². The molecule has 0 atom stereocenters. The zero-order valence-corrected chi connectivity index (χ0v) is 10.9. The van der Waals surface area contributed by atoms with Crippen LogP contribution in [0.15, 0.2) is 30.0 Å². The number of nitrogens with zero attached hydrogens (tertiary/aromatic N) is 1. The van der Waals surface area contributed by atoms with Crippen LogP contribution in [0.25, 0.3) is 6.08 Å². The van der Waals surface area contributed by atoms with Gasteiger partial charge in [0.25, 0.3) is 0 Å². The molecule has 0 heterocycles. The molecule has 0 fully saturated rings. The maximum Gasteiger partial charge on any atom is 0.243 e. The Bertz CT molecular complexity index is 410. The Morgan fingerprint density at radius 3 is 2.56 bits per heavy atom. The van der Waals surface area contributed by atoms with Crippen molar-refractivity contribution in [3.63, 3.8) is 0 Å². The molecule has 0 aromatic heterocycles. The molecule has 0 aliphatic carbocycles. The molecule has 0 saturated carbocycles. The molecule has 0 aliphatic rings. The molecule has 4 heteroatoms. The highest BCUT2D eigenvalue weighted by Crippen LogP contribution is 2.15. The molecule has 0 radical (unpaired) electrons. The summed E-state index contributed by atoms with van der Waals surface area (Å²) in [6, 6.07) is 7.32. The first-order valence-electron chi connectivity index (χ1n) is 6.19. The fourth-order valence-corrected chi connectivity index (χ4v) is 1.50. The number of hydrogen-bond donors (Lipinski definition) is 0. The Labute approximate surface area is 107 Å². The summed E-state index contributed by atoms with van der Waals surface area (Å²) in [4.78, 5) is 10.1. The maximum absolute atomic E-state index is 10.5. The number of allylic oxidation sites excluding steroid dienone is 1. The van der Waals surface area contributed by atoms with Gasteiger partial charge in [-0.15, -0.1) is 0 Å². The number of hydrogen-bond acceptors (Lipinski definition) is 3. The van der Waals surface area contributed by atoms with Gasteiger partial charge in [0, 0.05) is 13.0 Å². The van der Waals surface area contributed by atoms with E-state index in [-0.39, 0.29) is 5.70 Å². The highest BCUT2D eigenvalue weighted by molar-refractivity contribution is 5.51. The number of benzene rings is 1. The summed E-state index contributed by atoms with van der Waals surface area (Å²) in [5, 5.41) is 10.5. The maximum atomic E-state index is 10.5. The Hall–Kier alpha value is -1.84. The second kappa shape index (κ2) is 7.48. The van der Waals surface area contributed by atoms with Crippen LogP contribution >= 0.6 is 0 Å². The molecular weight excluding hydrogens is 230 g/mol. The van der Waals surface area contributed by atoms with E-state index in [1.807, 2.05) is 24.3 Å². The van der Waals surface area contributed by atoms with Crippen molar-refractivity contribution >= 4 is 6.08 Å². The molecule has 0 amide bonds. The van der Waals surface area contributed by atoms with Crippen LogP contribution in [0.3, 0.4) is 0 Å². The Kier molecular flexibility index (Phi) is 5.91. The molecule has 98 valence electrons. The van der Waals surface area contributed by atoms with Crippen LogP contribution in [-0.2, 0) is 0 Å². The van der Waals surface area contributed by atoms with Gasteiger partial charge in [-0.25, -0.2) is 0 Å². The number of nitro groups is 1. The standard InChI is InChI=1S/C14H19NO3/c1-3-4-5-10-18-14-8-6-13(7-9-14)11-12(2)15(16)17/h6-9,11H,3-5,10H2,1-2H3. The van der Waals surface area contributed by atoms with Crippen molar-refractivity contribution in [1.82, 2.24) is 0 Å². The van der Waals surface area contributed by atoms with Gasteiger partial charge in [-0.3, -0.25) is 10.1 Å². The lowest BCUT2D eigenvalue weighted by molar-refractivity contribution is -0.422. The minimum atomic E-state index is -0.394. The molecule has 0 bridgehead atoms. The normalized spacial score (nSPS) is 11.3. The van der Waals surface area contributed by atoms with Gasteiger partial charge in [0.15, 0.2) is 0 Å². The summed E-state index contributed by atoms with van der Waals surface area (Å²) in [5.41, 5.74) is 0.941. The summed E-state index contributed by atoms with van der Waals surface area (Å²) < 4.78 is 5.56. The van der Waals surface area contributed by atoms with Crippen LogP contribution < -0.4 is 4.74 Å². The molecule has 0 spiro atoms. The highest BCUT2D eigenvalue weighted by Gasteiger charge is 2.02. The van der Waals surface area contributed by atoms with Crippen LogP contribution in [0, 0.1) is 10.1 Å². The quantitative estimate of drug-likeness (QED) is 0.418. The van der Waals surface area contributed by atoms with Gasteiger partial charge in [0.1, 0.15) is 5.75 Å². The molecule has 4 nitrogen and oxygen atoms in total. The van der Waals surface area contributed by atoms with Crippen LogP contribution in [-0.4, -0.2) is 11.5 Å². The van der Waals surface area contributed by atoms with Crippen LogP contribution in [0.4, 0.5) is 0 Å². The third kappa shape index (κ3) is 4.99. The number of unbranched alkanes of at least 4 members (excludes halogenated alkanes) is 2. The Morgan fingerprint density at radius 1 is 1.33 bits per heavy atom. The van der Waals surface area contributed by atoms with Crippen molar-refractivity contribution < 1.29 is 9.66 Å².